The van der Waals surface area contributed by atoms with E-state index in [2.05, 4.69) is 4.90 Å². The molecule has 0 radical (unpaired) electrons. The fraction of sp³-hybridized carbons (Fsp3) is 0.533. The summed E-state index contributed by atoms with van der Waals surface area (Å²) in [5.41, 5.74) is 0.298. The lowest BCUT2D eigenvalue weighted by atomic mass is 10.0. The molecular weight excluding hydrogens is 276 g/mol. The third-order valence-corrected chi connectivity index (χ3v) is 3.85. The third-order valence-electron chi connectivity index (χ3n) is 3.60. The topological polar surface area (TPSA) is 32.8 Å². The Morgan fingerprint density at radius 2 is 2.10 bits per heavy atom. The molecule has 1 aliphatic rings. The van der Waals surface area contributed by atoms with E-state index < -0.39 is 5.60 Å². The Morgan fingerprint density at radius 1 is 1.45 bits per heavy atom. The Labute approximate surface area is 125 Å². The second-order valence-electron chi connectivity index (χ2n) is 5.60. The van der Waals surface area contributed by atoms with Gasteiger partial charge in [0, 0.05) is 31.7 Å². The van der Waals surface area contributed by atoms with E-state index in [9.17, 15) is 4.79 Å². The molecule has 0 aromatic heterocycles. The molecule has 0 N–H and O–H groups in total. The molecule has 1 saturated heterocycles. The quantitative estimate of drug-likeness (QED) is 0.855. The molecule has 1 heterocycles. The number of benzene rings is 1. The molecule has 0 saturated carbocycles. The van der Waals surface area contributed by atoms with Crippen molar-refractivity contribution in [3.8, 4) is 0 Å². The Balaban J connectivity index is 2.02. The van der Waals surface area contributed by atoms with E-state index in [1.54, 1.807) is 11.9 Å². The van der Waals surface area contributed by atoms with Crippen LogP contribution in [0, 0.1) is 0 Å². The molecule has 0 spiro atoms. The molecule has 1 atom stereocenters. The maximum atomic E-state index is 12.6. The van der Waals surface area contributed by atoms with Crippen molar-refractivity contribution < 1.29 is 9.53 Å². The molecule has 20 heavy (non-hydrogen) atoms. The van der Waals surface area contributed by atoms with Gasteiger partial charge in [-0.25, -0.2) is 0 Å². The van der Waals surface area contributed by atoms with Crippen molar-refractivity contribution >= 4 is 17.5 Å². The summed E-state index contributed by atoms with van der Waals surface area (Å²) in [6.45, 7) is 4.50. The van der Waals surface area contributed by atoms with Crippen molar-refractivity contribution in [1.82, 2.24) is 9.80 Å². The number of rotatable bonds is 3. The number of carbonyl (C=O) groups is 1. The number of hydrogen-bond acceptors (Lipinski definition) is 3. The second kappa shape index (κ2) is 6.12. The number of morpholine rings is 1. The number of ether oxygens (including phenoxy) is 1. The van der Waals surface area contributed by atoms with Gasteiger partial charge in [-0.15, -0.1) is 0 Å². The zero-order chi connectivity index (χ0) is 14.8. The molecule has 0 bridgehead atoms. The summed E-state index contributed by atoms with van der Waals surface area (Å²) in [6, 6.07) is 7.54. The van der Waals surface area contributed by atoms with E-state index >= 15 is 0 Å². The highest BCUT2D eigenvalue weighted by atomic mass is 35.5. The average molecular weight is 297 g/mol. The number of halogens is 1. The van der Waals surface area contributed by atoms with Gasteiger partial charge in [0.15, 0.2) is 5.60 Å². The van der Waals surface area contributed by atoms with E-state index in [-0.39, 0.29) is 5.91 Å². The van der Waals surface area contributed by atoms with Crippen molar-refractivity contribution in [2.45, 2.75) is 19.1 Å². The van der Waals surface area contributed by atoms with Crippen LogP contribution in [0.25, 0.3) is 0 Å². The number of likely N-dealkylation sites (N-methyl/N-ethyl adjacent to an activating group) is 2. The van der Waals surface area contributed by atoms with Crippen LogP contribution in [0.4, 0.5) is 0 Å². The second-order valence-corrected chi connectivity index (χ2v) is 6.04. The molecule has 1 fully saturated rings. The fourth-order valence-corrected chi connectivity index (χ4v) is 2.66. The van der Waals surface area contributed by atoms with E-state index in [0.717, 1.165) is 12.1 Å². The summed E-state index contributed by atoms with van der Waals surface area (Å²) >= 11 is 5.86. The molecule has 5 heteroatoms. The van der Waals surface area contributed by atoms with Gasteiger partial charge in [0.05, 0.1) is 6.61 Å². The average Bonchev–Trinajstić information content (AvgIpc) is 2.40. The zero-order valence-electron chi connectivity index (χ0n) is 12.2. The van der Waals surface area contributed by atoms with Crippen LogP contribution in [0.1, 0.15) is 12.5 Å². The van der Waals surface area contributed by atoms with E-state index in [1.165, 1.54) is 0 Å². The first-order valence-corrected chi connectivity index (χ1v) is 7.11. The van der Waals surface area contributed by atoms with Crippen LogP contribution in [0.2, 0.25) is 5.02 Å². The molecule has 110 valence electrons. The normalized spacial score (nSPS) is 23.6. The fourth-order valence-electron chi connectivity index (χ4n) is 2.54. The first-order chi connectivity index (χ1) is 9.40. The minimum atomic E-state index is -0.756. The first kappa shape index (κ1) is 15.3. The Kier molecular flexibility index (Phi) is 4.68. The highest BCUT2D eigenvalue weighted by Crippen LogP contribution is 2.20. The highest BCUT2D eigenvalue weighted by molar-refractivity contribution is 6.30. The van der Waals surface area contributed by atoms with Crippen molar-refractivity contribution in [2.24, 2.45) is 0 Å². The van der Waals surface area contributed by atoms with Gasteiger partial charge in [-0.3, -0.25) is 4.79 Å². The molecule has 1 aromatic rings. The predicted molar refractivity (Wildman–Crippen MR) is 79.8 cm³/mol. The summed E-state index contributed by atoms with van der Waals surface area (Å²) < 4.78 is 5.72. The standard InChI is InChI=1S/C15H21ClN2O2/c1-15(11-17(2)8-9-20-15)14(19)18(3)10-12-4-6-13(16)7-5-12/h4-7H,8-11H2,1-3H3. The van der Waals surface area contributed by atoms with Crippen molar-refractivity contribution in [2.75, 3.05) is 33.8 Å². The zero-order valence-corrected chi connectivity index (χ0v) is 13.0. The van der Waals surface area contributed by atoms with Crippen LogP contribution in [0.5, 0.6) is 0 Å². The van der Waals surface area contributed by atoms with E-state index in [1.807, 2.05) is 38.2 Å². The number of hydrogen-bond donors (Lipinski definition) is 0. The lowest BCUT2D eigenvalue weighted by molar-refractivity contribution is -0.165. The summed E-state index contributed by atoms with van der Waals surface area (Å²) in [4.78, 5) is 16.4. The van der Waals surface area contributed by atoms with Gasteiger partial charge in [-0.05, 0) is 31.7 Å². The first-order valence-electron chi connectivity index (χ1n) is 6.73. The van der Waals surface area contributed by atoms with Gasteiger partial charge in [-0.2, -0.15) is 0 Å². The van der Waals surface area contributed by atoms with Crippen LogP contribution in [0.15, 0.2) is 24.3 Å². The van der Waals surface area contributed by atoms with Crippen LogP contribution in [0.3, 0.4) is 0 Å². The number of amides is 1. The Morgan fingerprint density at radius 3 is 2.70 bits per heavy atom. The predicted octanol–water partition coefficient (Wildman–Crippen LogP) is 2.02. The van der Waals surface area contributed by atoms with Crippen molar-refractivity contribution in [1.29, 1.82) is 0 Å². The molecule has 1 aliphatic heterocycles. The Hall–Kier alpha value is -1.10. The third kappa shape index (κ3) is 3.51. The molecule has 1 aromatic carbocycles. The lowest BCUT2D eigenvalue weighted by Gasteiger charge is -2.39. The maximum absolute atomic E-state index is 12.6. The lowest BCUT2D eigenvalue weighted by Crippen LogP contribution is -2.57. The molecule has 1 amide bonds. The van der Waals surface area contributed by atoms with E-state index in [0.29, 0.717) is 24.7 Å². The van der Waals surface area contributed by atoms with Gasteiger partial charge in [0.25, 0.3) is 5.91 Å². The van der Waals surface area contributed by atoms with Crippen LogP contribution >= 0.6 is 11.6 Å². The maximum Gasteiger partial charge on any atom is 0.255 e. The van der Waals surface area contributed by atoms with Crippen molar-refractivity contribution in [3.63, 3.8) is 0 Å². The van der Waals surface area contributed by atoms with Gasteiger partial charge in [0.1, 0.15) is 0 Å². The summed E-state index contributed by atoms with van der Waals surface area (Å²) in [5, 5.41) is 0.701. The van der Waals surface area contributed by atoms with Crippen LogP contribution < -0.4 is 0 Å². The minimum absolute atomic E-state index is 0.0130. The Bertz CT molecular complexity index is 477. The van der Waals surface area contributed by atoms with Crippen molar-refractivity contribution in [3.05, 3.63) is 34.9 Å². The van der Waals surface area contributed by atoms with E-state index in [4.69, 9.17) is 16.3 Å². The number of nitrogens with zero attached hydrogens (tertiary/aromatic N) is 2. The summed E-state index contributed by atoms with van der Waals surface area (Å²) in [6.07, 6.45) is 0. The molecule has 1 unspecified atom stereocenters. The molecule has 0 aliphatic carbocycles. The minimum Gasteiger partial charge on any atom is -0.363 e. The SMILES string of the molecule is CN1CCOC(C)(C(=O)N(C)Cc2ccc(Cl)cc2)C1. The molecule has 2 rings (SSSR count). The van der Waals surface area contributed by atoms with Gasteiger partial charge >= 0.3 is 0 Å². The van der Waals surface area contributed by atoms with Gasteiger partial charge < -0.3 is 14.5 Å². The smallest absolute Gasteiger partial charge is 0.255 e. The van der Waals surface area contributed by atoms with Gasteiger partial charge in [0.2, 0.25) is 0 Å². The highest BCUT2D eigenvalue weighted by Gasteiger charge is 2.39. The molecule has 4 nitrogen and oxygen atoms in total. The van der Waals surface area contributed by atoms with Gasteiger partial charge in [-0.1, -0.05) is 23.7 Å². The molecular formula is C15H21ClN2O2. The van der Waals surface area contributed by atoms with Crippen LogP contribution in [-0.4, -0.2) is 55.1 Å². The largest absolute Gasteiger partial charge is 0.363 e. The summed E-state index contributed by atoms with van der Waals surface area (Å²) in [5.74, 6) is 0.0130. The van der Waals surface area contributed by atoms with Crippen LogP contribution in [-0.2, 0) is 16.1 Å². The monoisotopic (exact) mass is 296 g/mol. The number of carbonyl (C=O) groups excluding carboxylic acids is 1. The summed E-state index contributed by atoms with van der Waals surface area (Å²) in [7, 11) is 3.81.